The highest BCUT2D eigenvalue weighted by molar-refractivity contribution is 5.31. The molecule has 1 heterocycles. The lowest BCUT2D eigenvalue weighted by atomic mass is 9.41. The third-order valence-electron chi connectivity index (χ3n) is 13.2. The fraction of sp³-hybridized carbons (Fsp3) is 0.933. The second kappa shape index (κ2) is 6.45. The molecule has 6 rings (SSSR count). The lowest BCUT2D eigenvalue weighted by Gasteiger charge is -2.63. The molecule has 2 spiro atoms. The maximum absolute atomic E-state index is 10.9. The Morgan fingerprint density at radius 1 is 0.906 bits per heavy atom. The molecule has 2 heteroatoms. The van der Waals surface area contributed by atoms with Crippen molar-refractivity contribution >= 4 is 0 Å². The van der Waals surface area contributed by atoms with E-state index in [1.165, 1.54) is 56.9 Å². The van der Waals surface area contributed by atoms with Gasteiger partial charge in [0.25, 0.3) is 0 Å². The van der Waals surface area contributed by atoms with E-state index >= 15 is 0 Å². The van der Waals surface area contributed by atoms with Crippen LogP contribution in [-0.2, 0) is 4.74 Å². The van der Waals surface area contributed by atoms with Crippen molar-refractivity contribution < 1.29 is 9.84 Å². The molecule has 0 unspecified atom stereocenters. The van der Waals surface area contributed by atoms with Gasteiger partial charge in [-0.05, 0) is 122 Å². The summed E-state index contributed by atoms with van der Waals surface area (Å²) in [6, 6.07) is 0. The van der Waals surface area contributed by atoms with E-state index < -0.39 is 0 Å². The number of aliphatic hydroxyl groups excluding tert-OH is 1. The lowest BCUT2D eigenvalue weighted by molar-refractivity contribution is -0.165. The lowest BCUT2D eigenvalue weighted by Crippen LogP contribution is -2.57. The second-order valence-electron chi connectivity index (χ2n) is 14.8. The Bertz CT molecular complexity index is 840. The Kier molecular flexibility index (Phi) is 4.46. The van der Waals surface area contributed by atoms with E-state index in [4.69, 9.17) is 4.74 Å². The fourth-order valence-electron chi connectivity index (χ4n) is 11.8. The van der Waals surface area contributed by atoms with Crippen molar-refractivity contribution in [2.45, 2.75) is 125 Å². The Labute approximate surface area is 197 Å². The first-order chi connectivity index (χ1) is 14.9. The number of rotatable bonds is 1. The quantitative estimate of drug-likeness (QED) is 0.438. The van der Waals surface area contributed by atoms with Gasteiger partial charge in [0.1, 0.15) is 0 Å². The van der Waals surface area contributed by atoms with Crippen LogP contribution in [-0.4, -0.2) is 23.4 Å². The van der Waals surface area contributed by atoms with Gasteiger partial charge in [-0.15, -0.1) is 0 Å². The summed E-state index contributed by atoms with van der Waals surface area (Å²) in [4.78, 5) is 0. The van der Waals surface area contributed by atoms with Crippen molar-refractivity contribution in [1.82, 2.24) is 0 Å². The van der Waals surface area contributed by atoms with Crippen LogP contribution in [0.5, 0.6) is 0 Å². The fourth-order valence-corrected chi connectivity index (χ4v) is 11.8. The van der Waals surface area contributed by atoms with Crippen LogP contribution in [0.3, 0.4) is 0 Å². The van der Waals surface area contributed by atoms with Crippen molar-refractivity contribution in [2.24, 2.45) is 50.7 Å². The number of hydrogen-bond donors (Lipinski definition) is 1. The molecule has 0 bridgehead atoms. The maximum Gasteiger partial charge on any atom is 0.0764 e. The molecule has 0 aromatic rings. The minimum atomic E-state index is -0.104. The number of aliphatic hydroxyl groups is 1. The first-order valence-electron chi connectivity index (χ1n) is 13.9. The zero-order chi connectivity index (χ0) is 22.9. The summed E-state index contributed by atoms with van der Waals surface area (Å²) < 4.78 is 6.88. The van der Waals surface area contributed by atoms with Crippen molar-refractivity contribution in [1.29, 1.82) is 0 Å². The summed E-state index contributed by atoms with van der Waals surface area (Å²) in [7, 11) is 0. The average Bonchev–Trinajstić information content (AvgIpc) is 3.29. The maximum atomic E-state index is 10.9. The minimum Gasteiger partial charge on any atom is -0.393 e. The van der Waals surface area contributed by atoms with Crippen molar-refractivity contribution in [3.63, 3.8) is 0 Å². The van der Waals surface area contributed by atoms with Crippen LogP contribution in [0, 0.1) is 50.7 Å². The van der Waals surface area contributed by atoms with Gasteiger partial charge in [0, 0.05) is 0 Å². The summed E-state index contributed by atoms with van der Waals surface area (Å²) >= 11 is 0. The van der Waals surface area contributed by atoms with Gasteiger partial charge < -0.3 is 9.84 Å². The predicted molar refractivity (Wildman–Crippen MR) is 130 cm³/mol. The molecule has 1 N–H and O–H groups in total. The predicted octanol–water partition coefficient (Wildman–Crippen LogP) is 7.16. The molecule has 32 heavy (non-hydrogen) atoms. The van der Waals surface area contributed by atoms with Gasteiger partial charge in [0.2, 0.25) is 0 Å². The zero-order valence-electron chi connectivity index (χ0n) is 21.8. The summed E-state index contributed by atoms with van der Waals surface area (Å²) in [5.74, 6) is 3.07. The minimum absolute atomic E-state index is 0.0905. The van der Waals surface area contributed by atoms with E-state index in [9.17, 15) is 5.11 Å². The third-order valence-corrected chi connectivity index (χ3v) is 13.2. The standard InChI is InChI=1S/C30H48O2/c1-18(2)14-20-15-19(3)25-21(32-20)16-28(7)23-9-8-22-26(4,5)24(31)10-11-29(22)17-30(23,29)13-12-27(25,28)6/h14,19-25,31H,8-13,15-17H2,1-7H3/t19-,20-,21+,22+,23+,24+,25+,27-,28+,29-,30+/m1/s1. The largest absolute Gasteiger partial charge is 0.393 e. The van der Waals surface area contributed by atoms with Gasteiger partial charge in [-0.25, -0.2) is 0 Å². The van der Waals surface area contributed by atoms with Crippen molar-refractivity contribution in [3.05, 3.63) is 11.6 Å². The first kappa shape index (κ1) is 22.1. The highest BCUT2D eigenvalue weighted by atomic mass is 16.5. The highest BCUT2D eigenvalue weighted by Crippen LogP contribution is 2.89. The topological polar surface area (TPSA) is 29.5 Å². The molecule has 6 aliphatic rings. The van der Waals surface area contributed by atoms with Crippen LogP contribution in [0.1, 0.15) is 106 Å². The molecule has 0 radical (unpaired) electrons. The van der Waals surface area contributed by atoms with Crippen molar-refractivity contribution in [3.8, 4) is 0 Å². The smallest absolute Gasteiger partial charge is 0.0764 e. The summed E-state index contributed by atoms with van der Waals surface area (Å²) in [6.45, 7) is 17.1. The molecule has 5 saturated carbocycles. The van der Waals surface area contributed by atoms with Gasteiger partial charge in [0.15, 0.2) is 0 Å². The van der Waals surface area contributed by atoms with E-state index in [0.29, 0.717) is 33.9 Å². The molecule has 2 nitrogen and oxygen atoms in total. The van der Waals surface area contributed by atoms with E-state index in [0.717, 1.165) is 30.1 Å². The highest BCUT2D eigenvalue weighted by Gasteiger charge is 2.83. The van der Waals surface area contributed by atoms with Gasteiger partial charge in [-0.3, -0.25) is 0 Å². The van der Waals surface area contributed by atoms with Crippen molar-refractivity contribution in [2.75, 3.05) is 0 Å². The molecule has 0 amide bonds. The van der Waals surface area contributed by atoms with Gasteiger partial charge in [0.05, 0.1) is 18.3 Å². The van der Waals surface area contributed by atoms with E-state index in [1.807, 2.05) is 0 Å². The zero-order valence-corrected chi connectivity index (χ0v) is 21.8. The summed E-state index contributed by atoms with van der Waals surface area (Å²) in [5, 5.41) is 10.9. The number of fused-ring (bicyclic) bond motifs is 4. The molecular weight excluding hydrogens is 392 g/mol. The molecule has 0 aromatic heterocycles. The van der Waals surface area contributed by atoms with E-state index in [2.05, 4.69) is 54.5 Å². The Hall–Kier alpha value is -0.340. The molecular formula is C30H48O2. The first-order valence-corrected chi connectivity index (χ1v) is 13.9. The summed E-state index contributed by atoms with van der Waals surface area (Å²) in [5.41, 5.74) is 3.42. The SMILES string of the molecule is CC(C)=C[C@@H]1C[C@@H](C)[C@H]2[C@H](C[C@@]3(C)[C@@H]4CC[C@H]5C(C)(C)[C@@H](O)CC[C@@]56C[C@@]46CC[C@]23C)O1. The van der Waals surface area contributed by atoms with Crippen LogP contribution < -0.4 is 0 Å². The van der Waals surface area contributed by atoms with Crippen LogP contribution in [0.4, 0.5) is 0 Å². The number of ether oxygens (including phenoxy) is 1. The van der Waals surface area contributed by atoms with Gasteiger partial charge in [-0.2, -0.15) is 0 Å². The van der Waals surface area contributed by atoms with Crippen LogP contribution in [0.2, 0.25) is 0 Å². The molecule has 0 aromatic carbocycles. The molecule has 5 aliphatic carbocycles. The Morgan fingerprint density at radius 3 is 2.31 bits per heavy atom. The molecule has 1 saturated heterocycles. The van der Waals surface area contributed by atoms with Gasteiger partial charge >= 0.3 is 0 Å². The number of allylic oxidation sites excluding steroid dienone is 1. The Morgan fingerprint density at radius 2 is 1.59 bits per heavy atom. The third kappa shape index (κ3) is 2.40. The molecule has 11 atom stereocenters. The molecule has 6 fully saturated rings. The van der Waals surface area contributed by atoms with Gasteiger partial charge in [-0.1, -0.05) is 46.3 Å². The van der Waals surface area contributed by atoms with Crippen LogP contribution in [0.25, 0.3) is 0 Å². The normalized spacial score (nSPS) is 59.7. The second-order valence-corrected chi connectivity index (χ2v) is 14.8. The van der Waals surface area contributed by atoms with E-state index in [-0.39, 0.29) is 11.5 Å². The monoisotopic (exact) mass is 440 g/mol. The van der Waals surface area contributed by atoms with Crippen LogP contribution in [0.15, 0.2) is 11.6 Å². The summed E-state index contributed by atoms with van der Waals surface area (Å²) in [6.07, 6.45) is 14.9. The molecule has 180 valence electrons. The Balaban J connectivity index is 1.35. The molecule has 1 aliphatic heterocycles. The number of hydrogen-bond acceptors (Lipinski definition) is 2. The average molecular weight is 441 g/mol. The van der Waals surface area contributed by atoms with Crippen LogP contribution >= 0.6 is 0 Å². The van der Waals surface area contributed by atoms with E-state index in [1.54, 1.807) is 0 Å².